The summed E-state index contributed by atoms with van der Waals surface area (Å²) >= 11 is 6.07. The molecule has 0 saturated carbocycles. The highest BCUT2D eigenvalue weighted by atomic mass is 35.5. The Balaban J connectivity index is 2.00. The second-order valence-corrected chi connectivity index (χ2v) is 5.42. The van der Waals surface area contributed by atoms with Crippen molar-refractivity contribution >= 4 is 17.4 Å². The van der Waals surface area contributed by atoms with Crippen LogP contribution in [0.15, 0.2) is 23.4 Å². The van der Waals surface area contributed by atoms with Gasteiger partial charge in [0.05, 0.1) is 17.2 Å². The smallest absolute Gasteiger partial charge is 0.175 e. The monoisotopic (exact) mass is 297 g/mol. The Hall–Kier alpha value is -1.46. The summed E-state index contributed by atoms with van der Waals surface area (Å²) in [4.78, 5) is 2.35. The van der Waals surface area contributed by atoms with Crippen LogP contribution >= 0.6 is 11.6 Å². The summed E-state index contributed by atoms with van der Waals surface area (Å²) in [5.41, 5.74) is 6.08. The fourth-order valence-electron chi connectivity index (χ4n) is 2.57. The quantitative estimate of drug-likeness (QED) is 0.379. The van der Waals surface area contributed by atoms with Crippen molar-refractivity contribution in [2.24, 2.45) is 10.9 Å². The van der Waals surface area contributed by atoms with Crippen LogP contribution in [-0.4, -0.2) is 42.2 Å². The highest BCUT2D eigenvalue weighted by Gasteiger charge is 2.21. The molecule has 1 aliphatic heterocycles. The molecule has 6 heteroatoms. The Kier molecular flexibility index (Phi) is 5.09. The van der Waals surface area contributed by atoms with Gasteiger partial charge in [-0.1, -0.05) is 22.8 Å². The molecule has 1 aromatic carbocycles. The van der Waals surface area contributed by atoms with Gasteiger partial charge in [0.25, 0.3) is 0 Å². The van der Waals surface area contributed by atoms with Gasteiger partial charge >= 0.3 is 0 Å². The molecule has 2 rings (SSSR count). The largest absolute Gasteiger partial charge is 0.493 e. The van der Waals surface area contributed by atoms with Crippen molar-refractivity contribution in [3.63, 3.8) is 0 Å². The van der Waals surface area contributed by atoms with Crippen molar-refractivity contribution in [2.45, 2.75) is 25.3 Å². The van der Waals surface area contributed by atoms with E-state index in [1.54, 1.807) is 18.2 Å². The molecule has 1 fully saturated rings. The third-order valence-corrected chi connectivity index (χ3v) is 4.03. The normalized spacial score (nSPS) is 20.3. The zero-order valence-corrected chi connectivity index (χ0v) is 12.3. The molecular formula is C14H20ClN3O2. The molecule has 0 aromatic heterocycles. The first kappa shape index (κ1) is 14.9. The molecule has 0 amide bonds. The SMILES string of the molecule is CN1CCCC1CCOc1cccc(Cl)c1C(N)=NO. The van der Waals surface area contributed by atoms with E-state index < -0.39 is 0 Å². The number of likely N-dealkylation sites (tertiary alicyclic amines) is 1. The van der Waals surface area contributed by atoms with Gasteiger partial charge in [0.2, 0.25) is 0 Å². The van der Waals surface area contributed by atoms with Crippen molar-refractivity contribution in [3.05, 3.63) is 28.8 Å². The molecule has 0 bridgehead atoms. The maximum atomic E-state index is 8.81. The molecule has 0 aliphatic carbocycles. The maximum Gasteiger partial charge on any atom is 0.175 e. The molecule has 0 radical (unpaired) electrons. The first-order chi connectivity index (χ1) is 9.63. The predicted molar refractivity (Wildman–Crippen MR) is 79.7 cm³/mol. The second-order valence-electron chi connectivity index (χ2n) is 5.01. The summed E-state index contributed by atoms with van der Waals surface area (Å²) in [6, 6.07) is 5.82. The van der Waals surface area contributed by atoms with E-state index in [2.05, 4.69) is 17.1 Å². The maximum absolute atomic E-state index is 8.81. The van der Waals surface area contributed by atoms with Gasteiger partial charge in [0.1, 0.15) is 5.75 Å². The van der Waals surface area contributed by atoms with Crippen LogP contribution in [0.4, 0.5) is 0 Å². The average molecular weight is 298 g/mol. The van der Waals surface area contributed by atoms with Crippen LogP contribution < -0.4 is 10.5 Å². The Labute approximate surface area is 124 Å². The highest BCUT2D eigenvalue weighted by molar-refractivity contribution is 6.34. The van der Waals surface area contributed by atoms with Gasteiger partial charge in [0.15, 0.2) is 5.84 Å². The number of amidine groups is 1. The van der Waals surface area contributed by atoms with E-state index in [-0.39, 0.29) is 5.84 Å². The van der Waals surface area contributed by atoms with Crippen molar-refractivity contribution in [2.75, 3.05) is 20.2 Å². The van der Waals surface area contributed by atoms with Crippen LogP contribution in [0.5, 0.6) is 5.75 Å². The molecule has 1 aromatic rings. The minimum atomic E-state index is -0.0383. The Bertz CT molecular complexity index is 493. The van der Waals surface area contributed by atoms with Crippen LogP contribution in [0.1, 0.15) is 24.8 Å². The van der Waals surface area contributed by atoms with Gasteiger partial charge in [-0.2, -0.15) is 0 Å². The lowest BCUT2D eigenvalue weighted by molar-refractivity contribution is 0.233. The van der Waals surface area contributed by atoms with E-state index in [1.807, 2.05) is 0 Å². The fraction of sp³-hybridized carbons (Fsp3) is 0.500. The molecule has 1 aliphatic rings. The Morgan fingerprint density at radius 2 is 2.40 bits per heavy atom. The Morgan fingerprint density at radius 1 is 1.60 bits per heavy atom. The fourth-order valence-corrected chi connectivity index (χ4v) is 2.83. The van der Waals surface area contributed by atoms with Crippen LogP contribution in [0.2, 0.25) is 5.02 Å². The topological polar surface area (TPSA) is 71.1 Å². The second kappa shape index (κ2) is 6.81. The summed E-state index contributed by atoms with van der Waals surface area (Å²) < 4.78 is 5.77. The zero-order valence-electron chi connectivity index (χ0n) is 11.6. The van der Waals surface area contributed by atoms with E-state index in [1.165, 1.54) is 12.8 Å². The number of oxime groups is 1. The highest BCUT2D eigenvalue weighted by Crippen LogP contribution is 2.27. The summed E-state index contributed by atoms with van der Waals surface area (Å²) in [7, 11) is 2.14. The Morgan fingerprint density at radius 3 is 3.05 bits per heavy atom. The van der Waals surface area contributed by atoms with Crippen LogP contribution in [0.25, 0.3) is 0 Å². The summed E-state index contributed by atoms with van der Waals surface area (Å²) in [5.74, 6) is 0.511. The number of hydrogen-bond donors (Lipinski definition) is 2. The molecule has 1 unspecified atom stereocenters. The summed E-state index contributed by atoms with van der Waals surface area (Å²) in [6.45, 7) is 1.73. The molecule has 20 heavy (non-hydrogen) atoms. The van der Waals surface area contributed by atoms with Crippen LogP contribution in [0, 0.1) is 0 Å². The lowest BCUT2D eigenvalue weighted by Gasteiger charge is -2.20. The molecule has 1 atom stereocenters. The summed E-state index contributed by atoms with van der Waals surface area (Å²) in [5, 5.41) is 12.2. The van der Waals surface area contributed by atoms with Gasteiger partial charge in [-0.05, 0) is 45.0 Å². The van der Waals surface area contributed by atoms with E-state index in [4.69, 9.17) is 27.3 Å². The number of halogens is 1. The lowest BCUT2D eigenvalue weighted by Crippen LogP contribution is -2.26. The van der Waals surface area contributed by atoms with Gasteiger partial charge in [-0.25, -0.2) is 0 Å². The van der Waals surface area contributed by atoms with E-state index in [0.29, 0.717) is 29.0 Å². The number of nitrogens with zero attached hydrogens (tertiary/aromatic N) is 2. The number of rotatable bonds is 5. The van der Waals surface area contributed by atoms with E-state index in [0.717, 1.165) is 13.0 Å². The molecule has 110 valence electrons. The number of benzene rings is 1. The molecule has 5 nitrogen and oxygen atoms in total. The van der Waals surface area contributed by atoms with Crippen LogP contribution in [0.3, 0.4) is 0 Å². The molecule has 1 heterocycles. The number of nitrogens with two attached hydrogens (primary N) is 1. The van der Waals surface area contributed by atoms with Gasteiger partial charge < -0.3 is 20.6 Å². The summed E-state index contributed by atoms with van der Waals surface area (Å²) in [6.07, 6.45) is 3.41. The minimum Gasteiger partial charge on any atom is -0.493 e. The average Bonchev–Trinajstić information content (AvgIpc) is 2.84. The first-order valence-corrected chi connectivity index (χ1v) is 7.10. The van der Waals surface area contributed by atoms with Crippen LogP contribution in [-0.2, 0) is 0 Å². The predicted octanol–water partition coefficient (Wildman–Crippen LogP) is 2.30. The van der Waals surface area contributed by atoms with E-state index >= 15 is 0 Å². The standard InChI is InChI=1S/C14H20ClN3O2/c1-18-8-3-4-10(18)7-9-20-12-6-2-5-11(15)13(12)14(16)17-19/h2,5-6,10,19H,3-4,7-9H2,1H3,(H2,16,17). The molecule has 3 N–H and O–H groups in total. The van der Waals surface area contributed by atoms with Gasteiger partial charge in [-0.15, -0.1) is 0 Å². The molecule has 0 spiro atoms. The molecule has 1 saturated heterocycles. The van der Waals surface area contributed by atoms with Crippen molar-refractivity contribution < 1.29 is 9.94 Å². The third-order valence-electron chi connectivity index (χ3n) is 3.72. The molecular weight excluding hydrogens is 278 g/mol. The van der Waals surface area contributed by atoms with Gasteiger partial charge in [0, 0.05) is 6.04 Å². The zero-order chi connectivity index (χ0) is 14.5. The number of hydrogen-bond acceptors (Lipinski definition) is 4. The minimum absolute atomic E-state index is 0.0383. The van der Waals surface area contributed by atoms with Crippen molar-refractivity contribution in [1.29, 1.82) is 0 Å². The van der Waals surface area contributed by atoms with E-state index in [9.17, 15) is 0 Å². The van der Waals surface area contributed by atoms with Crippen molar-refractivity contribution in [1.82, 2.24) is 4.90 Å². The number of ether oxygens (including phenoxy) is 1. The van der Waals surface area contributed by atoms with Gasteiger partial charge in [-0.3, -0.25) is 0 Å². The lowest BCUT2D eigenvalue weighted by atomic mass is 10.1. The first-order valence-electron chi connectivity index (χ1n) is 6.73. The third kappa shape index (κ3) is 3.35. The van der Waals surface area contributed by atoms with Crippen molar-refractivity contribution in [3.8, 4) is 5.75 Å².